The van der Waals surface area contributed by atoms with E-state index in [1.54, 1.807) is 7.11 Å². The second-order valence-electron chi connectivity index (χ2n) is 4.60. The lowest BCUT2D eigenvalue weighted by Crippen LogP contribution is -2.40. The number of morpholine rings is 1. The number of methoxy groups -OCH3 is 1. The average molecular weight is 279 g/mol. The van der Waals surface area contributed by atoms with Crippen LogP contribution < -0.4 is 9.47 Å². The Morgan fingerprint density at radius 1 is 1.25 bits per heavy atom. The van der Waals surface area contributed by atoms with Gasteiger partial charge in [0.1, 0.15) is 0 Å². The number of ether oxygens (including phenoxy) is 3. The van der Waals surface area contributed by atoms with Gasteiger partial charge in [0.25, 0.3) is 0 Å². The van der Waals surface area contributed by atoms with Crippen molar-refractivity contribution in [2.75, 3.05) is 40.0 Å². The molecule has 5 heteroatoms. The molecule has 0 N–H and O–H groups in total. The van der Waals surface area contributed by atoms with Gasteiger partial charge in [-0.2, -0.15) is 0 Å². The van der Waals surface area contributed by atoms with Gasteiger partial charge in [0, 0.05) is 19.5 Å². The third-order valence-corrected chi connectivity index (χ3v) is 3.23. The SMILES string of the molecule is COc1ccccc1OCCCC(=O)N1CCOCC1. The Morgan fingerprint density at radius 3 is 2.65 bits per heavy atom. The molecule has 0 unspecified atom stereocenters. The van der Waals surface area contributed by atoms with Crippen LogP contribution >= 0.6 is 0 Å². The molecule has 1 aliphatic heterocycles. The van der Waals surface area contributed by atoms with E-state index in [0.717, 1.165) is 0 Å². The lowest BCUT2D eigenvalue weighted by atomic mass is 10.2. The van der Waals surface area contributed by atoms with E-state index in [1.165, 1.54) is 0 Å². The Hall–Kier alpha value is -1.75. The normalized spacial score (nSPS) is 14.9. The predicted molar refractivity (Wildman–Crippen MR) is 75.1 cm³/mol. The van der Waals surface area contributed by atoms with Crippen molar-refractivity contribution in [2.45, 2.75) is 12.8 Å². The second kappa shape index (κ2) is 7.75. The summed E-state index contributed by atoms with van der Waals surface area (Å²) in [7, 11) is 1.62. The molecular weight excluding hydrogens is 258 g/mol. The van der Waals surface area contributed by atoms with Crippen molar-refractivity contribution in [2.24, 2.45) is 0 Å². The first-order valence-electron chi connectivity index (χ1n) is 6.92. The minimum Gasteiger partial charge on any atom is -0.493 e. The Balaban J connectivity index is 1.69. The molecule has 1 saturated heterocycles. The molecule has 5 nitrogen and oxygen atoms in total. The molecule has 1 amide bonds. The zero-order chi connectivity index (χ0) is 14.2. The molecule has 110 valence electrons. The summed E-state index contributed by atoms with van der Waals surface area (Å²) >= 11 is 0. The number of carbonyl (C=O) groups excluding carboxylic acids is 1. The van der Waals surface area contributed by atoms with Crippen molar-refractivity contribution in [1.82, 2.24) is 4.90 Å². The third-order valence-electron chi connectivity index (χ3n) is 3.23. The van der Waals surface area contributed by atoms with Gasteiger partial charge in [-0.25, -0.2) is 0 Å². The van der Waals surface area contributed by atoms with Gasteiger partial charge in [-0.05, 0) is 18.6 Å². The molecule has 1 aromatic rings. The smallest absolute Gasteiger partial charge is 0.222 e. The predicted octanol–water partition coefficient (Wildman–Crippen LogP) is 1.71. The fourth-order valence-electron chi connectivity index (χ4n) is 2.11. The van der Waals surface area contributed by atoms with Gasteiger partial charge in [-0.15, -0.1) is 0 Å². The molecule has 0 radical (unpaired) electrons. The fourth-order valence-corrected chi connectivity index (χ4v) is 2.11. The number of benzene rings is 1. The topological polar surface area (TPSA) is 48.0 Å². The Labute approximate surface area is 119 Å². The summed E-state index contributed by atoms with van der Waals surface area (Å²) in [5.74, 6) is 1.61. The molecule has 0 aliphatic carbocycles. The van der Waals surface area contributed by atoms with Crippen molar-refractivity contribution in [3.05, 3.63) is 24.3 Å². The molecule has 1 aromatic carbocycles. The standard InChI is InChI=1S/C15H21NO4/c1-18-13-5-2-3-6-14(13)20-10-4-7-15(17)16-8-11-19-12-9-16/h2-3,5-6H,4,7-12H2,1H3. The fraction of sp³-hybridized carbons (Fsp3) is 0.533. The number of para-hydroxylation sites is 2. The molecule has 1 heterocycles. The summed E-state index contributed by atoms with van der Waals surface area (Å²) in [5.41, 5.74) is 0. The van der Waals surface area contributed by atoms with Gasteiger partial charge >= 0.3 is 0 Å². The number of nitrogens with zero attached hydrogens (tertiary/aromatic N) is 1. The van der Waals surface area contributed by atoms with Gasteiger partial charge in [0.2, 0.25) is 5.91 Å². The molecule has 0 aromatic heterocycles. The first-order valence-corrected chi connectivity index (χ1v) is 6.92. The monoisotopic (exact) mass is 279 g/mol. The van der Waals surface area contributed by atoms with Crippen LogP contribution in [0.3, 0.4) is 0 Å². The van der Waals surface area contributed by atoms with Gasteiger partial charge in [0.15, 0.2) is 11.5 Å². The lowest BCUT2D eigenvalue weighted by molar-refractivity contribution is -0.135. The Bertz CT molecular complexity index is 430. The molecule has 20 heavy (non-hydrogen) atoms. The highest BCUT2D eigenvalue weighted by atomic mass is 16.5. The average Bonchev–Trinajstić information content (AvgIpc) is 2.52. The highest BCUT2D eigenvalue weighted by Crippen LogP contribution is 2.25. The molecule has 0 atom stereocenters. The molecule has 1 fully saturated rings. The van der Waals surface area contributed by atoms with Crippen LogP contribution in [0.1, 0.15) is 12.8 Å². The van der Waals surface area contributed by atoms with E-state index in [9.17, 15) is 4.79 Å². The summed E-state index contributed by atoms with van der Waals surface area (Å²) < 4.78 is 16.1. The van der Waals surface area contributed by atoms with Crippen LogP contribution in [0, 0.1) is 0 Å². The summed E-state index contributed by atoms with van der Waals surface area (Å²) in [6, 6.07) is 7.52. The van der Waals surface area contributed by atoms with E-state index in [2.05, 4.69) is 0 Å². The second-order valence-corrected chi connectivity index (χ2v) is 4.60. The van der Waals surface area contributed by atoms with Crippen LogP contribution in [0.5, 0.6) is 11.5 Å². The maximum absolute atomic E-state index is 11.9. The zero-order valence-electron chi connectivity index (χ0n) is 11.8. The van der Waals surface area contributed by atoms with E-state index in [0.29, 0.717) is 57.3 Å². The van der Waals surface area contributed by atoms with E-state index in [-0.39, 0.29) is 5.91 Å². The van der Waals surface area contributed by atoms with Crippen molar-refractivity contribution < 1.29 is 19.0 Å². The molecule has 0 spiro atoms. The van der Waals surface area contributed by atoms with Crippen molar-refractivity contribution in [1.29, 1.82) is 0 Å². The van der Waals surface area contributed by atoms with E-state index >= 15 is 0 Å². The first-order chi connectivity index (χ1) is 9.81. The number of rotatable bonds is 6. The number of hydrogen-bond acceptors (Lipinski definition) is 4. The van der Waals surface area contributed by atoms with Gasteiger partial charge in [0.05, 0.1) is 26.9 Å². The van der Waals surface area contributed by atoms with Gasteiger partial charge in [-0.1, -0.05) is 12.1 Å². The van der Waals surface area contributed by atoms with Gasteiger partial charge < -0.3 is 19.1 Å². The molecule has 0 saturated carbocycles. The van der Waals surface area contributed by atoms with Crippen LogP contribution in [0.2, 0.25) is 0 Å². The minimum atomic E-state index is 0.178. The maximum Gasteiger partial charge on any atom is 0.222 e. The number of carbonyl (C=O) groups is 1. The summed E-state index contributed by atoms with van der Waals surface area (Å²) in [5, 5.41) is 0. The lowest BCUT2D eigenvalue weighted by Gasteiger charge is -2.26. The highest BCUT2D eigenvalue weighted by molar-refractivity contribution is 5.76. The number of amides is 1. The Morgan fingerprint density at radius 2 is 1.95 bits per heavy atom. The molecule has 2 rings (SSSR count). The van der Waals surface area contributed by atoms with Crippen LogP contribution in [0.25, 0.3) is 0 Å². The Kier molecular flexibility index (Phi) is 5.68. The van der Waals surface area contributed by atoms with Crippen molar-refractivity contribution in [3.63, 3.8) is 0 Å². The summed E-state index contributed by atoms with van der Waals surface area (Å²) in [4.78, 5) is 13.8. The van der Waals surface area contributed by atoms with E-state index < -0.39 is 0 Å². The first kappa shape index (κ1) is 14.7. The summed E-state index contributed by atoms with van der Waals surface area (Å²) in [6.07, 6.45) is 1.21. The largest absolute Gasteiger partial charge is 0.493 e. The number of hydrogen-bond donors (Lipinski definition) is 0. The minimum absolute atomic E-state index is 0.178. The van der Waals surface area contributed by atoms with Gasteiger partial charge in [-0.3, -0.25) is 4.79 Å². The van der Waals surface area contributed by atoms with E-state index in [4.69, 9.17) is 14.2 Å². The maximum atomic E-state index is 11.9. The van der Waals surface area contributed by atoms with Crippen LogP contribution in [0.4, 0.5) is 0 Å². The molecular formula is C15H21NO4. The van der Waals surface area contributed by atoms with Crippen molar-refractivity contribution >= 4 is 5.91 Å². The highest BCUT2D eigenvalue weighted by Gasteiger charge is 2.16. The van der Waals surface area contributed by atoms with Crippen LogP contribution in [0.15, 0.2) is 24.3 Å². The molecule has 0 bridgehead atoms. The summed E-state index contributed by atoms with van der Waals surface area (Å²) in [6.45, 7) is 3.20. The van der Waals surface area contributed by atoms with Crippen LogP contribution in [-0.4, -0.2) is 50.8 Å². The quantitative estimate of drug-likeness (QED) is 0.744. The molecule has 1 aliphatic rings. The third kappa shape index (κ3) is 4.13. The zero-order valence-corrected chi connectivity index (χ0v) is 11.8. The van der Waals surface area contributed by atoms with E-state index in [1.807, 2.05) is 29.2 Å². The van der Waals surface area contributed by atoms with Crippen LogP contribution in [-0.2, 0) is 9.53 Å². The van der Waals surface area contributed by atoms with Crippen molar-refractivity contribution in [3.8, 4) is 11.5 Å².